The first-order valence-electron chi connectivity index (χ1n) is 32.8. The first-order chi connectivity index (χ1) is 39.7. The molecule has 16 bridgehead atoms. The van der Waals surface area contributed by atoms with Gasteiger partial charge in [-0.15, -0.1) is 0 Å². The summed E-state index contributed by atoms with van der Waals surface area (Å²) in [4.78, 5) is 0. The van der Waals surface area contributed by atoms with Crippen LogP contribution in [-0.4, -0.2) is 65.1 Å². The van der Waals surface area contributed by atoms with E-state index in [4.69, 9.17) is 47.0 Å². The van der Waals surface area contributed by atoms with Gasteiger partial charge >= 0.3 is 14.2 Å². The minimum Gasteiger partial charge on any atom is -0.494 e. The van der Waals surface area contributed by atoms with E-state index in [1.165, 1.54) is 187 Å². The average Bonchev–Trinajstić information content (AvgIpc) is 4.53. The number of rotatable bonds is 0. The summed E-state index contributed by atoms with van der Waals surface area (Å²) in [5, 5.41) is 0. The van der Waals surface area contributed by atoms with Gasteiger partial charge in [-0.25, -0.2) is 0 Å². The van der Waals surface area contributed by atoms with Crippen molar-refractivity contribution in [1.29, 1.82) is 0 Å². The minimum atomic E-state index is -0.641. The van der Waals surface area contributed by atoms with Crippen LogP contribution in [0.2, 0.25) is 0 Å². The monoisotopic (exact) mass is 1090 g/mol. The van der Waals surface area contributed by atoms with Crippen LogP contribution in [0.1, 0.15) is 263 Å². The van der Waals surface area contributed by atoms with E-state index in [1.54, 1.807) is 0 Å². The summed E-state index contributed by atoms with van der Waals surface area (Å²) in [5.41, 5.74) is 9.05. The van der Waals surface area contributed by atoms with Gasteiger partial charge in [-0.2, -0.15) is 0 Å². The molecule has 0 radical (unpaired) electrons. The highest BCUT2D eigenvalue weighted by molar-refractivity contribution is 6.64. The molecule has 10 aliphatic rings. The third-order valence-electron chi connectivity index (χ3n) is 18.8. The second kappa shape index (κ2) is 29.7. The lowest BCUT2D eigenvalue weighted by atomic mass is 9.74. The molecule has 10 aliphatic heterocycles. The zero-order valence-corrected chi connectivity index (χ0v) is 49.1. The smallest absolute Gasteiger partial charge is 0.494 e. The second-order valence-electron chi connectivity index (χ2n) is 24.7. The number of hydrogen-bond acceptors (Lipinski definition) is 10. The lowest BCUT2D eigenvalue weighted by Crippen LogP contribution is -2.36. The SMILES string of the molecule is Cc1c2c3c(C)c4c1[C@H]1O[C@@H]4[C@@H]4OB(O[C@@H]41)c1c4cccc1OCCCCCCCCCC=CCCCCCCCCCOc1cccc(c1B1O[C@@H]5[C@H](O1)[C@@H]2O[C@@H]35)OCCCCCCCCCC=CCCCCCCCCCO4. The van der Waals surface area contributed by atoms with Crippen LogP contribution in [0, 0.1) is 13.8 Å². The first-order valence-corrected chi connectivity index (χ1v) is 32.8. The second-order valence-corrected chi connectivity index (χ2v) is 24.7. The highest BCUT2D eigenvalue weighted by Crippen LogP contribution is 2.64. The fraction of sp³-hybridized carbons (Fsp3) is 0.676. The zero-order chi connectivity index (χ0) is 54.3. The summed E-state index contributed by atoms with van der Waals surface area (Å²) in [6.45, 7) is 7.11. The highest BCUT2D eigenvalue weighted by atomic mass is 16.7. The zero-order valence-electron chi connectivity index (χ0n) is 49.1. The van der Waals surface area contributed by atoms with E-state index in [2.05, 4.69) is 74.5 Å². The molecule has 8 atom stereocenters. The van der Waals surface area contributed by atoms with Crippen LogP contribution in [0.3, 0.4) is 0 Å². The van der Waals surface area contributed by atoms with Crippen molar-refractivity contribution in [2.24, 2.45) is 0 Å². The van der Waals surface area contributed by atoms with Crippen LogP contribution >= 0.6 is 0 Å². The topological polar surface area (TPSA) is 92.3 Å². The number of fused-ring (bicyclic) bond motifs is 40. The van der Waals surface area contributed by atoms with Crippen molar-refractivity contribution >= 4 is 25.2 Å². The largest absolute Gasteiger partial charge is 0.502 e. The Balaban J connectivity index is 0.842. The van der Waals surface area contributed by atoms with Gasteiger partial charge in [0.05, 0.1) is 37.4 Å². The lowest BCUT2D eigenvalue weighted by molar-refractivity contribution is 0.0168. The van der Waals surface area contributed by atoms with Crippen molar-refractivity contribution in [1.82, 2.24) is 0 Å². The maximum Gasteiger partial charge on any atom is 0.502 e. The third-order valence-corrected chi connectivity index (χ3v) is 18.8. The minimum absolute atomic E-state index is 0.269. The van der Waals surface area contributed by atoms with E-state index in [0.29, 0.717) is 26.4 Å². The van der Waals surface area contributed by atoms with E-state index in [1.807, 2.05) is 0 Å². The Morgan fingerprint density at radius 3 is 0.775 bits per heavy atom. The average molecular weight is 1100 g/mol. The molecule has 4 saturated heterocycles. The van der Waals surface area contributed by atoms with Crippen molar-refractivity contribution in [2.75, 3.05) is 26.4 Å². The van der Waals surface area contributed by atoms with Crippen molar-refractivity contribution in [3.05, 3.63) is 94.1 Å². The van der Waals surface area contributed by atoms with Gasteiger partial charge in [0.1, 0.15) is 71.8 Å². The number of benzene rings is 3. The molecular formula is C68H96B2O10. The van der Waals surface area contributed by atoms with Gasteiger partial charge in [0.15, 0.2) is 0 Å². The Morgan fingerprint density at radius 1 is 0.300 bits per heavy atom. The number of hydrogen-bond donors (Lipinski definition) is 0. The molecule has 0 aromatic heterocycles. The Bertz CT molecular complexity index is 2180. The Labute approximate surface area is 481 Å². The van der Waals surface area contributed by atoms with Gasteiger partial charge in [-0.05, 0) is 149 Å². The number of allylic oxidation sites excluding steroid dienone is 4. The molecule has 3 aromatic carbocycles. The summed E-state index contributed by atoms with van der Waals surface area (Å²) < 4.78 is 69.1. The Hall–Kier alpha value is -3.77. The van der Waals surface area contributed by atoms with E-state index < -0.39 is 14.2 Å². The predicted molar refractivity (Wildman–Crippen MR) is 320 cm³/mol. The third kappa shape index (κ3) is 13.7. The summed E-state index contributed by atoms with van der Waals surface area (Å²) in [5.74, 6) is 3.18. The molecule has 0 amide bonds. The maximum atomic E-state index is 7.10. The van der Waals surface area contributed by atoms with Gasteiger partial charge in [0, 0.05) is 0 Å². The van der Waals surface area contributed by atoms with E-state index in [9.17, 15) is 0 Å². The molecule has 10 nitrogen and oxygen atoms in total. The number of ether oxygens (including phenoxy) is 6. The molecule has 10 heterocycles. The summed E-state index contributed by atoms with van der Waals surface area (Å²) in [6.07, 6.45) is 46.7. The normalized spacial score (nSPS) is 29.3. The van der Waals surface area contributed by atoms with Crippen LogP contribution in [0.25, 0.3) is 0 Å². The fourth-order valence-corrected chi connectivity index (χ4v) is 14.5. The van der Waals surface area contributed by atoms with Crippen LogP contribution in [0.4, 0.5) is 0 Å². The van der Waals surface area contributed by atoms with Gasteiger partial charge < -0.3 is 47.0 Å². The quantitative estimate of drug-likeness (QED) is 0.160. The molecule has 12 heteroatoms. The molecule has 80 heavy (non-hydrogen) atoms. The van der Waals surface area contributed by atoms with Gasteiger partial charge in [-0.1, -0.05) is 165 Å². The Morgan fingerprint density at radius 2 is 0.525 bits per heavy atom. The van der Waals surface area contributed by atoms with Crippen LogP contribution in [0.15, 0.2) is 60.7 Å². The van der Waals surface area contributed by atoms with E-state index in [-0.39, 0.29) is 48.8 Å². The van der Waals surface area contributed by atoms with Gasteiger partial charge in [-0.3, -0.25) is 0 Å². The van der Waals surface area contributed by atoms with Crippen molar-refractivity contribution in [3.8, 4) is 23.0 Å². The van der Waals surface area contributed by atoms with Crippen LogP contribution < -0.4 is 29.9 Å². The van der Waals surface area contributed by atoms with Crippen molar-refractivity contribution in [2.45, 2.75) is 268 Å². The van der Waals surface area contributed by atoms with Crippen LogP contribution in [0.5, 0.6) is 23.0 Å². The molecule has 4 fully saturated rings. The molecule has 0 N–H and O–H groups in total. The predicted octanol–water partition coefficient (Wildman–Crippen LogP) is 16.1. The van der Waals surface area contributed by atoms with E-state index >= 15 is 0 Å². The van der Waals surface area contributed by atoms with Crippen molar-refractivity contribution < 1.29 is 47.0 Å². The standard InChI is InChI=1S/C68H96B2O10/c1-49-55-57-50(2)58-56(49)62-66-68(64(58)76-62)80-70(78-66)60-52-42-40-44-54(60)74-48-38-34-30-26-22-18-14-10-6-5-9-13-17-21-25-29-33-37-47-73-53-43-39-41-51(59(53)69-77-65-61(55)75-63(57)67(65)79-69)71-45-35-31-27-23-19-15-11-7-3-4-8-12-16-20-24-28-32-36-46-72-52/h3-6,39-44,61-68H,7-38,45-48H2,1-2H3/t61-,62-,63+,64+,65-,66-,67+,68+. The summed E-state index contributed by atoms with van der Waals surface area (Å²) in [6, 6.07) is 12.4. The summed E-state index contributed by atoms with van der Waals surface area (Å²) in [7, 11) is -1.28. The summed E-state index contributed by atoms with van der Waals surface area (Å²) >= 11 is 0. The Kier molecular flexibility index (Phi) is 21.5. The molecular weight excluding hydrogens is 998 g/mol. The molecule has 0 unspecified atom stereocenters. The highest BCUT2D eigenvalue weighted by Gasteiger charge is 2.65. The van der Waals surface area contributed by atoms with Gasteiger partial charge in [0.25, 0.3) is 0 Å². The lowest BCUT2D eigenvalue weighted by Gasteiger charge is -2.31. The fourth-order valence-electron chi connectivity index (χ4n) is 14.5. The molecule has 0 aliphatic carbocycles. The molecule has 0 saturated carbocycles. The van der Waals surface area contributed by atoms with Gasteiger partial charge in [0.2, 0.25) is 0 Å². The molecule has 3 aromatic rings. The van der Waals surface area contributed by atoms with Crippen molar-refractivity contribution in [3.63, 3.8) is 0 Å². The molecule has 0 spiro atoms. The molecule has 434 valence electrons. The van der Waals surface area contributed by atoms with E-state index in [0.717, 1.165) is 85.3 Å². The molecule has 13 rings (SSSR count). The maximum absolute atomic E-state index is 7.10. The van der Waals surface area contributed by atoms with Crippen LogP contribution in [-0.2, 0) is 28.1 Å². The first kappa shape index (κ1) is 58.0.